The second-order valence-corrected chi connectivity index (χ2v) is 6.45. The normalized spacial score (nSPS) is 28.6. The summed E-state index contributed by atoms with van der Waals surface area (Å²) in [5.74, 6) is 0. The van der Waals surface area contributed by atoms with E-state index in [4.69, 9.17) is 4.74 Å². The number of rotatable bonds is 7. The molecule has 0 spiro atoms. The van der Waals surface area contributed by atoms with Crippen molar-refractivity contribution >= 4 is 0 Å². The maximum absolute atomic E-state index is 5.98. The second-order valence-electron chi connectivity index (χ2n) is 6.45. The third kappa shape index (κ3) is 5.39. The van der Waals surface area contributed by atoms with E-state index in [-0.39, 0.29) is 0 Å². The quantitative estimate of drug-likeness (QED) is 0.733. The molecule has 0 saturated carbocycles. The summed E-state index contributed by atoms with van der Waals surface area (Å²) in [6, 6.07) is 0.578. The molecule has 0 bridgehead atoms. The molecule has 0 aromatic heterocycles. The minimum absolute atomic E-state index is 0.397. The van der Waals surface area contributed by atoms with Crippen molar-refractivity contribution in [3.05, 3.63) is 0 Å². The van der Waals surface area contributed by atoms with Crippen LogP contribution in [-0.2, 0) is 4.74 Å². The van der Waals surface area contributed by atoms with Crippen molar-refractivity contribution in [3.63, 3.8) is 0 Å². The van der Waals surface area contributed by atoms with Crippen molar-refractivity contribution in [1.82, 2.24) is 5.32 Å². The van der Waals surface area contributed by atoms with Crippen LogP contribution in [0.3, 0.4) is 0 Å². The topological polar surface area (TPSA) is 21.3 Å². The molecule has 1 N–H and O–H groups in total. The first-order chi connectivity index (χ1) is 7.95. The fraction of sp³-hybridized carbons (Fsp3) is 1.00. The van der Waals surface area contributed by atoms with E-state index >= 15 is 0 Å². The Hall–Kier alpha value is -0.0800. The van der Waals surface area contributed by atoms with Gasteiger partial charge in [0.1, 0.15) is 0 Å². The van der Waals surface area contributed by atoms with Crippen LogP contribution in [0.5, 0.6) is 0 Å². The molecule has 0 amide bonds. The van der Waals surface area contributed by atoms with Gasteiger partial charge in [-0.05, 0) is 38.0 Å². The zero-order valence-electron chi connectivity index (χ0n) is 12.4. The highest BCUT2D eigenvalue weighted by molar-refractivity contribution is 4.83. The molecule has 3 atom stereocenters. The molecule has 102 valence electrons. The molecule has 0 aliphatic carbocycles. The summed E-state index contributed by atoms with van der Waals surface area (Å²) in [5, 5.41) is 3.60. The molecule has 1 heterocycles. The van der Waals surface area contributed by atoms with Gasteiger partial charge < -0.3 is 10.1 Å². The van der Waals surface area contributed by atoms with Crippen LogP contribution in [0.15, 0.2) is 0 Å². The minimum Gasteiger partial charge on any atom is -0.375 e. The molecule has 2 nitrogen and oxygen atoms in total. The summed E-state index contributed by atoms with van der Waals surface area (Å²) < 4.78 is 5.98. The molecule has 1 aliphatic heterocycles. The van der Waals surface area contributed by atoms with Crippen LogP contribution >= 0.6 is 0 Å². The monoisotopic (exact) mass is 241 g/mol. The van der Waals surface area contributed by atoms with Gasteiger partial charge in [-0.15, -0.1) is 0 Å². The van der Waals surface area contributed by atoms with E-state index in [1.165, 1.54) is 32.1 Å². The lowest BCUT2D eigenvalue weighted by atomic mass is 9.79. The third-order valence-electron chi connectivity index (χ3n) is 3.83. The maximum Gasteiger partial charge on any atom is 0.0585 e. The molecule has 2 heteroatoms. The molecule has 0 radical (unpaired) electrons. The Balaban J connectivity index is 2.45. The zero-order valence-corrected chi connectivity index (χ0v) is 12.4. The number of hydrogen-bond donors (Lipinski definition) is 1. The summed E-state index contributed by atoms with van der Waals surface area (Å²) in [4.78, 5) is 0. The van der Waals surface area contributed by atoms with Crippen LogP contribution in [0, 0.1) is 5.41 Å². The predicted octanol–water partition coefficient (Wildman–Crippen LogP) is 3.75. The molecule has 1 aliphatic rings. The summed E-state index contributed by atoms with van der Waals surface area (Å²) in [6.07, 6.45) is 7.23. The first-order valence-electron chi connectivity index (χ1n) is 7.34. The van der Waals surface area contributed by atoms with E-state index < -0.39 is 0 Å². The van der Waals surface area contributed by atoms with Crippen molar-refractivity contribution in [2.24, 2.45) is 5.41 Å². The van der Waals surface area contributed by atoms with Gasteiger partial charge in [-0.1, -0.05) is 34.1 Å². The van der Waals surface area contributed by atoms with Crippen LogP contribution < -0.4 is 5.32 Å². The number of nitrogens with one attached hydrogen (secondary N) is 1. The fourth-order valence-corrected chi connectivity index (χ4v) is 2.90. The Morgan fingerprint density at radius 1 is 1.35 bits per heavy atom. The van der Waals surface area contributed by atoms with Gasteiger partial charge in [0.25, 0.3) is 0 Å². The molecule has 0 aromatic rings. The van der Waals surface area contributed by atoms with Gasteiger partial charge >= 0.3 is 0 Å². The average molecular weight is 241 g/mol. The third-order valence-corrected chi connectivity index (χ3v) is 3.83. The Bertz CT molecular complexity index is 217. The fourth-order valence-electron chi connectivity index (χ4n) is 2.90. The van der Waals surface area contributed by atoms with E-state index in [1.807, 2.05) is 0 Å². The highest BCUT2D eigenvalue weighted by atomic mass is 16.5. The van der Waals surface area contributed by atoms with Crippen molar-refractivity contribution in [2.45, 2.75) is 85.0 Å². The van der Waals surface area contributed by atoms with E-state index in [0.717, 1.165) is 6.54 Å². The Kier molecular flexibility index (Phi) is 5.94. The van der Waals surface area contributed by atoms with Gasteiger partial charge in [-0.2, -0.15) is 0 Å². The SMILES string of the molecule is CCCC(C)(CNC(C)C)CC1CCC(C)O1. The van der Waals surface area contributed by atoms with E-state index in [2.05, 4.69) is 39.9 Å². The first-order valence-corrected chi connectivity index (χ1v) is 7.34. The van der Waals surface area contributed by atoms with Crippen molar-refractivity contribution in [2.75, 3.05) is 6.54 Å². The molecule has 17 heavy (non-hydrogen) atoms. The molecule has 0 aromatic carbocycles. The highest BCUT2D eigenvalue weighted by Gasteiger charge is 2.31. The predicted molar refractivity (Wildman–Crippen MR) is 74.3 cm³/mol. The lowest BCUT2D eigenvalue weighted by molar-refractivity contribution is 0.0225. The van der Waals surface area contributed by atoms with Gasteiger partial charge in [0.2, 0.25) is 0 Å². The molecule has 1 fully saturated rings. The Morgan fingerprint density at radius 2 is 2.06 bits per heavy atom. The largest absolute Gasteiger partial charge is 0.375 e. The van der Waals surface area contributed by atoms with Crippen LogP contribution in [0.25, 0.3) is 0 Å². The molecule has 1 rings (SSSR count). The van der Waals surface area contributed by atoms with Crippen molar-refractivity contribution in [1.29, 1.82) is 0 Å². The zero-order chi connectivity index (χ0) is 12.9. The maximum atomic E-state index is 5.98. The lowest BCUT2D eigenvalue weighted by Crippen LogP contribution is -2.38. The van der Waals surface area contributed by atoms with Gasteiger partial charge in [0.05, 0.1) is 12.2 Å². The number of ether oxygens (including phenoxy) is 1. The lowest BCUT2D eigenvalue weighted by Gasteiger charge is -2.33. The number of hydrogen-bond acceptors (Lipinski definition) is 2. The molecule has 3 unspecified atom stereocenters. The van der Waals surface area contributed by atoms with Crippen molar-refractivity contribution < 1.29 is 4.74 Å². The summed E-state index contributed by atoms with van der Waals surface area (Å²) in [6.45, 7) is 12.5. The van der Waals surface area contributed by atoms with Gasteiger partial charge in [-0.25, -0.2) is 0 Å². The Morgan fingerprint density at radius 3 is 2.53 bits per heavy atom. The molecular weight excluding hydrogens is 210 g/mol. The first kappa shape index (κ1) is 15.0. The van der Waals surface area contributed by atoms with Crippen LogP contribution in [0.2, 0.25) is 0 Å². The summed E-state index contributed by atoms with van der Waals surface area (Å²) in [5.41, 5.74) is 0.397. The van der Waals surface area contributed by atoms with E-state index in [9.17, 15) is 0 Å². The van der Waals surface area contributed by atoms with Gasteiger partial charge in [0, 0.05) is 12.6 Å². The average Bonchev–Trinajstić information content (AvgIpc) is 2.61. The van der Waals surface area contributed by atoms with Crippen LogP contribution in [0.4, 0.5) is 0 Å². The van der Waals surface area contributed by atoms with E-state index in [1.54, 1.807) is 0 Å². The summed E-state index contributed by atoms with van der Waals surface area (Å²) >= 11 is 0. The van der Waals surface area contributed by atoms with E-state index in [0.29, 0.717) is 23.7 Å². The van der Waals surface area contributed by atoms with Crippen LogP contribution in [0.1, 0.15) is 66.7 Å². The highest BCUT2D eigenvalue weighted by Crippen LogP contribution is 2.34. The summed E-state index contributed by atoms with van der Waals surface area (Å²) in [7, 11) is 0. The molecular formula is C15H31NO. The van der Waals surface area contributed by atoms with Crippen molar-refractivity contribution in [3.8, 4) is 0 Å². The minimum atomic E-state index is 0.397. The smallest absolute Gasteiger partial charge is 0.0585 e. The van der Waals surface area contributed by atoms with Gasteiger partial charge in [0.15, 0.2) is 0 Å². The van der Waals surface area contributed by atoms with Gasteiger partial charge in [-0.3, -0.25) is 0 Å². The standard InChI is InChI=1S/C15H31NO/c1-6-9-15(5,11-16-12(2)3)10-14-8-7-13(4)17-14/h12-14,16H,6-11H2,1-5H3. The van der Waals surface area contributed by atoms with Crippen LogP contribution in [-0.4, -0.2) is 24.8 Å². The second kappa shape index (κ2) is 6.75. The Labute approximate surface area is 108 Å². The molecule has 1 saturated heterocycles.